The standard InChI is InChI=1S/C18H25NO2/c1-4-18(19-13(2)9-10-20)16-6-5-15-12-17(21-3)8-7-14(15)11-16/h5-8,11-13,18-20H,4,9-10H2,1-3H3/t13-,18?/m1/s1. The Labute approximate surface area is 126 Å². The van der Waals surface area contributed by atoms with Gasteiger partial charge in [-0.05, 0) is 54.3 Å². The molecule has 2 atom stereocenters. The van der Waals surface area contributed by atoms with E-state index in [1.807, 2.05) is 6.07 Å². The predicted octanol–water partition coefficient (Wildman–Crippen LogP) is 3.66. The summed E-state index contributed by atoms with van der Waals surface area (Å²) in [7, 11) is 1.69. The Kier molecular flexibility index (Phi) is 5.59. The van der Waals surface area contributed by atoms with Gasteiger partial charge in [0.15, 0.2) is 0 Å². The van der Waals surface area contributed by atoms with E-state index in [2.05, 4.69) is 49.5 Å². The fourth-order valence-corrected chi connectivity index (χ4v) is 2.66. The average molecular weight is 287 g/mol. The molecule has 3 heteroatoms. The first kappa shape index (κ1) is 15.8. The van der Waals surface area contributed by atoms with Crippen LogP contribution in [0, 0.1) is 0 Å². The number of hydrogen-bond donors (Lipinski definition) is 2. The minimum Gasteiger partial charge on any atom is -0.497 e. The molecule has 2 aromatic carbocycles. The van der Waals surface area contributed by atoms with E-state index in [-0.39, 0.29) is 6.61 Å². The molecule has 0 aliphatic rings. The van der Waals surface area contributed by atoms with Crippen molar-refractivity contribution in [3.63, 3.8) is 0 Å². The van der Waals surface area contributed by atoms with Gasteiger partial charge in [0.2, 0.25) is 0 Å². The van der Waals surface area contributed by atoms with Crippen molar-refractivity contribution < 1.29 is 9.84 Å². The van der Waals surface area contributed by atoms with Crippen LogP contribution in [0.1, 0.15) is 38.3 Å². The van der Waals surface area contributed by atoms with E-state index in [0.717, 1.165) is 18.6 Å². The number of benzene rings is 2. The summed E-state index contributed by atoms with van der Waals surface area (Å²) in [5, 5.41) is 15.0. The predicted molar refractivity (Wildman–Crippen MR) is 87.8 cm³/mol. The SMILES string of the molecule is CCC(N[C@H](C)CCO)c1ccc2cc(OC)ccc2c1. The second kappa shape index (κ2) is 7.43. The number of hydrogen-bond acceptors (Lipinski definition) is 3. The third-order valence-corrected chi connectivity index (χ3v) is 3.93. The Morgan fingerprint density at radius 1 is 1.14 bits per heavy atom. The van der Waals surface area contributed by atoms with Crippen molar-refractivity contribution in [2.75, 3.05) is 13.7 Å². The molecule has 1 unspecified atom stereocenters. The average Bonchev–Trinajstić information content (AvgIpc) is 2.51. The van der Waals surface area contributed by atoms with Gasteiger partial charge in [-0.2, -0.15) is 0 Å². The summed E-state index contributed by atoms with van der Waals surface area (Å²) in [6.45, 7) is 4.52. The number of rotatable bonds is 7. The quantitative estimate of drug-likeness (QED) is 0.816. The summed E-state index contributed by atoms with van der Waals surface area (Å²) in [4.78, 5) is 0. The lowest BCUT2D eigenvalue weighted by molar-refractivity contribution is 0.262. The van der Waals surface area contributed by atoms with E-state index in [0.29, 0.717) is 12.1 Å². The second-order valence-electron chi connectivity index (χ2n) is 5.51. The topological polar surface area (TPSA) is 41.5 Å². The number of nitrogens with one attached hydrogen (secondary N) is 1. The minimum atomic E-state index is 0.224. The molecule has 2 rings (SSSR count). The van der Waals surface area contributed by atoms with Gasteiger partial charge in [0, 0.05) is 18.7 Å². The van der Waals surface area contributed by atoms with Crippen LogP contribution in [0.15, 0.2) is 36.4 Å². The van der Waals surface area contributed by atoms with E-state index in [1.165, 1.54) is 16.3 Å². The fraction of sp³-hybridized carbons (Fsp3) is 0.444. The zero-order valence-electron chi connectivity index (χ0n) is 13.1. The van der Waals surface area contributed by atoms with Crippen molar-refractivity contribution in [1.82, 2.24) is 5.32 Å². The molecule has 0 heterocycles. The highest BCUT2D eigenvalue weighted by molar-refractivity contribution is 5.84. The monoisotopic (exact) mass is 287 g/mol. The van der Waals surface area contributed by atoms with Crippen LogP contribution in [0.2, 0.25) is 0 Å². The lowest BCUT2D eigenvalue weighted by Gasteiger charge is -2.22. The molecule has 0 spiro atoms. The van der Waals surface area contributed by atoms with Gasteiger partial charge in [0.25, 0.3) is 0 Å². The molecule has 0 amide bonds. The Hall–Kier alpha value is -1.58. The number of aliphatic hydroxyl groups excluding tert-OH is 1. The van der Waals surface area contributed by atoms with Gasteiger partial charge >= 0.3 is 0 Å². The molecule has 0 saturated carbocycles. The van der Waals surface area contributed by atoms with Gasteiger partial charge in [0.1, 0.15) is 5.75 Å². The summed E-state index contributed by atoms with van der Waals surface area (Å²) in [5.74, 6) is 0.886. The normalized spacial score (nSPS) is 14.1. The molecule has 2 N–H and O–H groups in total. The Bertz CT molecular complexity index is 582. The zero-order valence-corrected chi connectivity index (χ0v) is 13.1. The van der Waals surface area contributed by atoms with E-state index in [4.69, 9.17) is 9.84 Å². The maximum Gasteiger partial charge on any atom is 0.119 e. The van der Waals surface area contributed by atoms with Crippen molar-refractivity contribution in [1.29, 1.82) is 0 Å². The Morgan fingerprint density at radius 2 is 1.86 bits per heavy atom. The third-order valence-electron chi connectivity index (χ3n) is 3.93. The zero-order chi connectivity index (χ0) is 15.2. The van der Waals surface area contributed by atoms with Gasteiger partial charge in [-0.25, -0.2) is 0 Å². The van der Waals surface area contributed by atoms with Gasteiger partial charge in [-0.15, -0.1) is 0 Å². The third kappa shape index (κ3) is 3.96. The molecule has 0 radical (unpaired) electrons. The first-order chi connectivity index (χ1) is 10.2. The first-order valence-corrected chi connectivity index (χ1v) is 7.62. The van der Waals surface area contributed by atoms with Crippen molar-refractivity contribution >= 4 is 10.8 Å². The molecule has 0 saturated heterocycles. The van der Waals surface area contributed by atoms with E-state index in [9.17, 15) is 0 Å². The Balaban J connectivity index is 2.23. The smallest absolute Gasteiger partial charge is 0.119 e. The summed E-state index contributed by atoms with van der Waals surface area (Å²) < 4.78 is 5.26. The number of ether oxygens (including phenoxy) is 1. The van der Waals surface area contributed by atoms with Crippen LogP contribution in [0.4, 0.5) is 0 Å². The van der Waals surface area contributed by atoms with Gasteiger partial charge < -0.3 is 15.2 Å². The number of aliphatic hydroxyl groups is 1. The van der Waals surface area contributed by atoms with Crippen molar-refractivity contribution in [2.24, 2.45) is 0 Å². The minimum absolute atomic E-state index is 0.224. The van der Waals surface area contributed by atoms with Crippen LogP contribution in [0.5, 0.6) is 5.75 Å². The van der Waals surface area contributed by atoms with Crippen LogP contribution in [0.3, 0.4) is 0 Å². The van der Waals surface area contributed by atoms with Crippen molar-refractivity contribution in [2.45, 2.75) is 38.8 Å². The van der Waals surface area contributed by atoms with Crippen LogP contribution in [0.25, 0.3) is 10.8 Å². The molecule has 2 aromatic rings. The molecule has 3 nitrogen and oxygen atoms in total. The van der Waals surface area contributed by atoms with Crippen molar-refractivity contribution in [3.05, 3.63) is 42.0 Å². The highest BCUT2D eigenvalue weighted by Crippen LogP contribution is 2.26. The highest BCUT2D eigenvalue weighted by atomic mass is 16.5. The summed E-state index contributed by atoms with van der Waals surface area (Å²) in [6, 6.07) is 13.3. The molecule has 0 aromatic heterocycles. The molecule has 0 aliphatic heterocycles. The number of fused-ring (bicyclic) bond motifs is 1. The van der Waals surface area contributed by atoms with Crippen LogP contribution < -0.4 is 10.1 Å². The highest BCUT2D eigenvalue weighted by Gasteiger charge is 2.12. The maximum absolute atomic E-state index is 9.03. The summed E-state index contributed by atoms with van der Waals surface area (Å²) >= 11 is 0. The maximum atomic E-state index is 9.03. The lowest BCUT2D eigenvalue weighted by Crippen LogP contribution is -2.31. The van der Waals surface area contributed by atoms with Crippen LogP contribution >= 0.6 is 0 Å². The summed E-state index contributed by atoms with van der Waals surface area (Å²) in [6.07, 6.45) is 1.80. The number of methoxy groups -OCH3 is 1. The first-order valence-electron chi connectivity index (χ1n) is 7.62. The lowest BCUT2D eigenvalue weighted by atomic mass is 9.99. The van der Waals surface area contributed by atoms with Gasteiger partial charge in [0.05, 0.1) is 7.11 Å². The van der Waals surface area contributed by atoms with Gasteiger partial charge in [-0.1, -0.05) is 25.1 Å². The fourth-order valence-electron chi connectivity index (χ4n) is 2.66. The van der Waals surface area contributed by atoms with Crippen LogP contribution in [-0.2, 0) is 0 Å². The Morgan fingerprint density at radius 3 is 2.52 bits per heavy atom. The molecule has 0 aliphatic carbocycles. The van der Waals surface area contributed by atoms with E-state index >= 15 is 0 Å². The molecular weight excluding hydrogens is 262 g/mol. The molecule has 0 fully saturated rings. The van der Waals surface area contributed by atoms with Crippen molar-refractivity contribution in [3.8, 4) is 5.75 Å². The molecular formula is C18H25NO2. The van der Waals surface area contributed by atoms with E-state index < -0.39 is 0 Å². The largest absolute Gasteiger partial charge is 0.497 e. The van der Waals surface area contributed by atoms with Gasteiger partial charge in [-0.3, -0.25) is 0 Å². The molecule has 21 heavy (non-hydrogen) atoms. The molecule has 0 bridgehead atoms. The second-order valence-corrected chi connectivity index (χ2v) is 5.51. The molecule has 114 valence electrons. The van der Waals surface area contributed by atoms with E-state index in [1.54, 1.807) is 7.11 Å². The van der Waals surface area contributed by atoms with Crippen LogP contribution in [-0.4, -0.2) is 24.9 Å². The summed E-state index contributed by atoms with van der Waals surface area (Å²) in [5.41, 5.74) is 1.29.